The molecule has 0 aliphatic carbocycles. The van der Waals surface area contributed by atoms with Crippen molar-refractivity contribution in [2.24, 2.45) is 5.16 Å². The van der Waals surface area contributed by atoms with E-state index >= 15 is 0 Å². The Bertz CT molecular complexity index is 738. The van der Waals surface area contributed by atoms with Crippen LogP contribution in [0.15, 0.2) is 70.7 Å². The molecule has 0 amide bonds. The van der Waals surface area contributed by atoms with Crippen LogP contribution in [-0.2, 0) is 9.63 Å². The third-order valence-electron chi connectivity index (χ3n) is 3.47. The van der Waals surface area contributed by atoms with E-state index in [0.29, 0.717) is 0 Å². The van der Waals surface area contributed by atoms with E-state index < -0.39 is 5.97 Å². The summed E-state index contributed by atoms with van der Waals surface area (Å²) in [7, 11) is 0. The predicted octanol–water partition coefficient (Wildman–Crippen LogP) is 4.53. The molecule has 1 aliphatic rings. The van der Waals surface area contributed by atoms with Crippen LogP contribution in [0.4, 0.5) is 0 Å². The van der Waals surface area contributed by atoms with Gasteiger partial charge in [0.25, 0.3) is 0 Å². The van der Waals surface area contributed by atoms with Crippen LogP contribution in [0.25, 0.3) is 6.08 Å². The zero-order valence-electron chi connectivity index (χ0n) is 12.6. The van der Waals surface area contributed by atoms with Gasteiger partial charge in [0.15, 0.2) is 0 Å². The Hall–Kier alpha value is -2.33. The van der Waals surface area contributed by atoms with Gasteiger partial charge >= 0.3 is 5.97 Å². The quantitative estimate of drug-likeness (QED) is 0.473. The Morgan fingerprint density at radius 3 is 2.74 bits per heavy atom. The molecule has 0 aromatic heterocycles. The number of hydrogen-bond donors (Lipinski definition) is 0. The number of rotatable bonds is 3. The van der Waals surface area contributed by atoms with Crippen molar-refractivity contribution in [3.8, 4) is 0 Å². The monoisotopic (exact) mass is 323 g/mol. The van der Waals surface area contributed by atoms with E-state index in [1.807, 2.05) is 60.3 Å². The van der Waals surface area contributed by atoms with Crippen LogP contribution in [0.1, 0.15) is 24.0 Å². The molecule has 0 radical (unpaired) electrons. The van der Waals surface area contributed by atoms with Gasteiger partial charge in [-0.25, -0.2) is 4.79 Å². The van der Waals surface area contributed by atoms with Crippen LogP contribution in [-0.4, -0.2) is 17.4 Å². The Morgan fingerprint density at radius 2 is 1.87 bits per heavy atom. The molecular formula is C19H17NO2S. The van der Waals surface area contributed by atoms with Crippen LogP contribution < -0.4 is 0 Å². The van der Waals surface area contributed by atoms with Crippen LogP contribution in [0.2, 0.25) is 0 Å². The van der Waals surface area contributed by atoms with Crippen LogP contribution >= 0.6 is 11.8 Å². The molecule has 2 aromatic carbocycles. The first kappa shape index (κ1) is 15.6. The molecule has 0 N–H and O–H groups in total. The number of fused-ring (bicyclic) bond motifs is 1. The Morgan fingerprint density at radius 1 is 1.09 bits per heavy atom. The summed E-state index contributed by atoms with van der Waals surface area (Å²) in [4.78, 5) is 18.1. The Labute approximate surface area is 140 Å². The lowest BCUT2D eigenvalue weighted by Gasteiger charge is -2.05. The zero-order valence-corrected chi connectivity index (χ0v) is 13.5. The second-order valence-corrected chi connectivity index (χ2v) is 6.28. The fourth-order valence-electron chi connectivity index (χ4n) is 2.34. The molecule has 0 atom stereocenters. The van der Waals surface area contributed by atoms with E-state index in [1.54, 1.807) is 6.08 Å². The normalized spacial score (nSPS) is 16.1. The maximum absolute atomic E-state index is 11.8. The van der Waals surface area contributed by atoms with Crippen LogP contribution in [0.5, 0.6) is 0 Å². The summed E-state index contributed by atoms with van der Waals surface area (Å²) in [5, 5.41) is 4.10. The average Bonchev–Trinajstić information content (AvgIpc) is 2.81. The molecular weight excluding hydrogens is 306 g/mol. The number of carbonyl (C=O) groups is 1. The number of nitrogens with zero attached hydrogens (tertiary/aromatic N) is 1. The highest BCUT2D eigenvalue weighted by Crippen LogP contribution is 2.29. The second kappa shape index (κ2) is 7.79. The highest BCUT2D eigenvalue weighted by atomic mass is 32.2. The third kappa shape index (κ3) is 4.33. The van der Waals surface area contributed by atoms with Crippen molar-refractivity contribution in [2.75, 3.05) is 5.75 Å². The number of benzene rings is 2. The topological polar surface area (TPSA) is 38.7 Å². The first-order valence-electron chi connectivity index (χ1n) is 7.56. The van der Waals surface area contributed by atoms with Crippen molar-refractivity contribution < 1.29 is 9.63 Å². The van der Waals surface area contributed by atoms with Gasteiger partial charge in [-0.1, -0.05) is 53.7 Å². The van der Waals surface area contributed by atoms with Gasteiger partial charge < -0.3 is 4.84 Å². The van der Waals surface area contributed by atoms with E-state index in [0.717, 1.165) is 35.4 Å². The van der Waals surface area contributed by atoms with Gasteiger partial charge in [0.05, 0.1) is 5.71 Å². The standard InChI is InChI=1S/C19H17NO2S/c21-19(13-12-15-7-2-1-3-8-15)22-20-17-10-6-14-23-18-11-5-4-9-16(17)18/h1-5,7-9,11-13H,6,10,14H2/b13-12+,20-17+. The van der Waals surface area contributed by atoms with Crippen molar-refractivity contribution in [1.29, 1.82) is 0 Å². The van der Waals surface area contributed by atoms with E-state index in [4.69, 9.17) is 4.84 Å². The molecule has 0 bridgehead atoms. The molecule has 0 spiro atoms. The molecule has 2 aromatic rings. The van der Waals surface area contributed by atoms with Gasteiger partial charge in [-0.2, -0.15) is 0 Å². The molecule has 3 nitrogen and oxygen atoms in total. The van der Waals surface area contributed by atoms with Crippen molar-refractivity contribution in [3.05, 3.63) is 71.8 Å². The summed E-state index contributed by atoms with van der Waals surface area (Å²) in [6, 6.07) is 17.7. The first-order chi connectivity index (χ1) is 11.3. The summed E-state index contributed by atoms with van der Waals surface area (Å²) in [6.45, 7) is 0. The molecule has 116 valence electrons. The van der Waals surface area contributed by atoms with Gasteiger partial charge in [0.2, 0.25) is 0 Å². The lowest BCUT2D eigenvalue weighted by Crippen LogP contribution is -2.04. The lowest BCUT2D eigenvalue weighted by molar-refractivity contribution is -0.137. The minimum Gasteiger partial charge on any atom is -0.313 e. The van der Waals surface area contributed by atoms with Crippen molar-refractivity contribution in [3.63, 3.8) is 0 Å². The molecule has 1 heterocycles. The summed E-state index contributed by atoms with van der Waals surface area (Å²) in [6.07, 6.45) is 4.96. The molecule has 0 fully saturated rings. The lowest BCUT2D eigenvalue weighted by atomic mass is 10.1. The Balaban J connectivity index is 1.70. The largest absolute Gasteiger partial charge is 0.358 e. The predicted molar refractivity (Wildman–Crippen MR) is 94.5 cm³/mol. The minimum atomic E-state index is -0.462. The number of hydrogen-bond acceptors (Lipinski definition) is 4. The minimum absolute atomic E-state index is 0.462. The third-order valence-corrected chi connectivity index (χ3v) is 4.63. The van der Waals surface area contributed by atoms with Gasteiger partial charge in [0, 0.05) is 16.5 Å². The SMILES string of the molecule is O=C(/C=C/c1ccccc1)O/N=C1\CCCSc2ccccc21. The molecule has 1 aliphatic heterocycles. The zero-order chi connectivity index (χ0) is 15.9. The Kier molecular flexibility index (Phi) is 5.27. The number of oxime groups is 1. The van der Waals surface area contributed by atoms with E-state index in [2.05, 4.69) is 11.2 Å². The van der Waals surface area contributed by atoms with E-state index in [1.165, 1.54) is 11.0 Å². The smallest absolute Gasteiger partial charge is 0.313 e. The highest BCUT2D eigenvalue weighted by Gasteiger charge is 2.14. The number of carbonyl (C=O) groups excluding carboxylic acids is 1. The van der Waals surface area contributed by atoms with E-state index in [-0.39, 0.29) is 0 Å². The second-order valence-electron chi connectivity index (χ2n) is 5.14. The molecule has 4 heteroatoms. The fourth-order valence-corrected chi connectivity index (χ4v) is 3.37. The molecule has 23 heavy (non-hydrogen) atoms. The maximum Gasteiger partial charge on any atom is 0.358 e. The van der Waals surface area contributed by atoms with Gasteiger partial charge in [-0.3, -0.25) is 0 Å². The molecule has 0 unspecified atom stereocenters. The molecule has 0 saturated carbocycles. The first-order valence-corrected chi connectivity index (χ1v) is 8.55. The summed E-state index contributed by atoms with van der Waals surface area (Å²) < 4.78 is 0. The van der Waals surface area contributed by atoms with Crippen molar-refractivity contribution in [1.82, 2.24) is 0 Å². The molecule has 3 rings (SSSR count). The summed E-state index contributed by atoms with van der Waals surface area (Å²) in [5.41, 5.74) is 2.86. The van der Waals surface area contributed by atoms with Gasteiger partial charge in [-0.15, -0.1) is 11.8 Å². The maximum atomic E-state index is 11.8. The summed E-state index contributed by atoms with van der Waals surface area (Å²) in [5.74, 6) is 0.591. The van der Waals surface area contributed by atoms with Crippen molar-refractivity contribution >= 4 is 29.5 Å². The highest BCUT2D eigenvalue weighted by molar-refractivity contribution is 7.99. The van der Waals surface area contributed by atoms with Crippen molar-refractivity contribution in [2.45, 2.75) is 17.7 Å². The van der Waals surface area contributed by atoms with Gasteiger partial charge in [0.1, 0.15) is 0 Å². The molecule has 0 saturated heterocycles. The van der Waals surface area contributed by atoms with Crippen LogP contribution in [0, 0.1) is 0 Å². The summed E-state index contributed by atoms with van der Waals surface area (Å²) >= 11 is 1.82. The van der Waals surface area contributed by atoms with Crippen LogP contribution in [0.3, 0.4) is 0 Å². The fraction of sp³-hybridized carbons (Fsp3) is 0.158. The average molecular weight is 323 g/mol. The van der Waals surface area contributed by atoms with Gasteiger partial charge in [-0.05, 0) is 36.3 Å². The number of thioether (sulfide) groups is 1. The van der Waals surface area contributed by atoms with E-state index in [9.17, 15) is 4.79 Å².